The lowest BCUT2D eigenvalue weighted by Gasteiger charge is -2.27. The van der Waals surface area contributed by atoms with Crippen LogP contribution in [0.3, 0.4) is 0 Å². The molecule has 0 saturated heterocycles. The first kappa shape index (κ1) is 27.1. The molecule has 9 nitrogen and oxygen atoms in total. The number of esters is 4. The molecule has 0 aromatic heterocycles. The van der Waals surface area contributed by atoms with Crippen molar-refractivity contribution in [3.8, 4) is 0 Å². The molecule has 0 aliphatic heterocycles. The van der Waals surface area contributed by atoms with E-state index in [-0.39, 0.29) is 12.2 Å². The highest BCUT2D eigenvalue weighted by Gasteiger charge is 2.31. The van der Waals surface area contributed by atoms with Gasteiger partial charge in [0.15, 0.2) is 18.3 Å². The molecule has 0 aromatic rings. The summed E-state index contributed by atoms with van der Waals surface area (Å²) >= 11 is 0. The molecule has 0 radical (unpaired) electrons. The lowest BCUT2D eigenvalue weighted by molar-refractivity contribution is -0.179. The molecule has 2 aliphatic rings. The zero-order chi connectivity index (χ0) is 24.5. The Balaban J connectivity index is 1.69. The second kappa shape index (κ2) is 12.9. The fourth-order valence-electron chi connectivity index (χ4n) is 4.05. The number of carbonyl (C=O) groups is 4. The summed E-state index contributed by atoms with van der Waals surface area (Å²) in [6.45, 7) is 7.02. The maximum Gasteiger partial charge on any atom is 0.347 e. The van der Waals surface area contributed by atoms with Crippen molar-refractivity contribution in [1.82, 2.24) is 0 Å². The molecular formula is C24H38O9. The second-order valence-corrected chi connectivity index (χ2v) is 9.57. The Morgan fingerprint density at radius 2 is 1.09 bits per heavy atom. The van der Waals surface area contributed by atoms with E-state index in [0.29, 0.717) is 11.8 Å². The summed E-state index contributed by atoms with van der Waals surface area (Å²) in [5.74, 6) is -2.23. The highest BCUT2D eigenvalue weighted by molar-refractivity contribution is 5.85. The lowest BCUT2D eigenvalue weighted by atomic mass is 9.89. The summed E-state index contributed by atoms with van der Waals surface area (Å²) in [5.41, 5.74) is 0. The summed E-state index contributed by atoms with van der Waals surface area (Å²) in [4.78, 5) is 48.4. The monoisotopic (exact) mass is 470 g/mol. The number of aliphatic hydroxyl groups is 1. The molecule has 9 heteroatoms. The Labute approximate surface area is 195 Å². The molecule has 3 atom stereocenters. The fourth-order valence-corrected chi connectivity index (χ4v) is 4.05. The number of carbonyl (C=O) groups excluding carboxylic acids is 4. The van der Waals surface area contributed by atoms with Crippen molar-refractivity contribution < 1.29 is 43.2 Å². The van der Waals surface area contributed by atoms with E-state index < -0.39 is 48.6 Å². The zero-order valence-corrected chi connectivity index (χ0v) is 20.1. The topological polar surface area (TPSA) is 125 Å². The number of hydrogen-bond acceptors (Lipinski definition) is 9. The van der Waals surface area contributed by atoms with Crippen LogP contribution in [-0.2, 0) is 38.1 Å². The Bertz CT molecular complexity index is 675. The summed E-state index contributed by atoms with van der Waals surface area (Å²) in [6, 6.07) is 0. The Morgan fingerprint density at radius 1 is 0.697 bits per heavy atom. The molecule has 2 rings (SSSR count). The molecule has 3 unspecified atom stereocenters. The summed E-state index contributed by atoms with van der Waals surface area (Å²) < 4.78 is 20.7. The van der Waals surface area contributed by atoms with Crippen molar-refractivity contribution in [3.63, 3.8) is 0 Å². The van der Waals surface area contributed by atoms with Gasteiger partial charge in [0.05, 0.1) is 6.42 Å². The summed E-state index contributed by atoms with van der Waals surface area (Å²) in [6.07, 6.45) is 1.69. The van der Waals surface area contributed by atoms with E-state index in [4.69, 9.17) is 18.9 Å². The fraction of sp³-hybridized carbons (Fsp3) is 0.833. The largest absolute Gasteiger partial charge is 0.460 e. The minimum Gasteiger partial charge on any atom is -0.460 e. The van der Waals surface area contributed by atoms with Gasteiger partial charge < -0.3 is 24.1 Å². The van der Waals surface area contributed by atoms with Crippen LogP contribution < -0.4 is 0 Å². The van der Waals surface area contributed by atoms with Gasteiger partial charge in [0.1, 0.15) is 12.2 Å². The minimum absolute atomic E-state index is 0.186. The smallest absolute Gasteiger partial charge is 0.347 e. The van der Waals surface area contributed by atoms with Gasteiger partial charge in [-0.2, -0.15) is 0 Å². The summed E-state index contributed by atoms with van der Waals surface area (Å²) in [7, 11) is 0. The molecule has 2 aliphatic carbocycles. The zero-order valence-electron chi connectivity index (χ0n) is 20.1. The third-order valence-corrected chi connectivity index (χ3v) is 6.39. The highest BCUT2D eigenvalue weighted by Crippen LogP contribution is 2.27. The molecule has 1 N–H and O–H groups in total. The van der Waals surface area contributed by atoms with E-state index in [1.807, 2.05) is 0 Å². The van der Waals surface area contributed by atoms with Gasteiger partial charge in [0.25, 0.3) is 0 Å². The Kier molecular flexibility index (Phi) is 10.6. The average molecular weight is 471 g/mol. The first-order valence-corrected chi connectivity index (χ1v) is 12.0. The molecule has 0 bridgehead atoms. The van der Waals surface area contributed by atoms with Gasteiger partial charge in [-0.05, 0) is 77.0 Å². The first-order chi connectivity index (χ1) is 15.5. The van der Waals surface area contributed by atoms with Gasteiger partial charge in [-0.1, -0.05) is 13.8 Å². The number of rotatable bonds is 9. The third-order valence-electron chi connectivity index (χ3n) is 6.39. The molecule has 2 fully saturated rings. The number of ether oxygens (including phenoxy) is 4. The Morgan fingerprint density at radius 3 is 1.52 bits per heavy atom. The van der Waals surface area contributed by atoms with Crippen molar-refractivity contribution in [1.29, 1.82) is 0 Å². The molecule has 0 spiro atoms. The molecule has 0 heterocycles. The van der Waals surface area contributed by atoms with Crippen LogP contribution in [-0.4, -0.2) is 59.5 Å². The van der Waals surface area contributed by atoms with E-state index in [9.17, 15) is 24.3 Å². The van der Waals surface area contributed by atoms with Gasteiger partial charge >= 0.3 is 23.9 Å². The predicted molar refractivity (Wildman–Crippen MR) is 117 cm³/mol. The first-order valence-electron chi connectivity index (χ1n) is 12.0. The van der Waals surface area contributed by atoms with Crippen LogP contribution in [0.25, 0.3) is 0 Å². The minimum atomic E-state index is -1.83. The van der Waals surface area contributed by atoms with Crippen LogP contribution >= 0.6 is 0 Å². The number of aliphatic hydroxyl groups excluding tert-OH is 1. The highest BCUT2D eigenvalue weighted by atomic mass is 16.6. The summed E-state index contributed by atoms with van der Waals surface area (Å²) in [5, 5.41) is 9.96. The van der Waals surface area contributed by atoms with Gasteiger partial charge in [-0.3, -0.25) is 4.79 Å². The van der Waals surface area contributed by atoms with Gasteiger partial charge in [0.2, 0.25) is 0 Å². The van der Waals surface area contributed by atoms with Gasteiger partial charge in [-0.15, -0.1) is 0 Å². The maximum atomic E-state index is 12.2. The van der Waals surface area contributed by atoms with Gasteiger partial charge in [0, 0.05) is 0 Å². The van der Waals surface area contributed by atoms with E-state index >= 15 is 0 Å². The van der Waals surface area contributed by atoms with Crippen molar-refractivity contribution in [2.75, 3.05) is 0 Å². The van der Waals surface area contributed by atoms with Crippen LogP contribution in [0.4, 0.5) is 0 Å². The molecule has 0 aromatic carbocycles. The second-order valence-electron chi connectivity index (χ2n) is 9.57. The van der Waals surface area contributed by atoms with E-state index in [1.54, 1.807) is 0 Å². The van der Waals surface area contributed by atoms with Crippen LogP contribution in [0.15, 0.2) is 0 Å². The van der Waals surface area contributed by atoms with E-state index in [1.165, 1.54) is 13.8 Å². The number of hydrogen-bond donors (Lipinski definition) is 1. The third kappa shape index (κ3) is 9.31. The molecule has 2 saturated carbocycles. The van der Waals surface area contributed by atoms with Crippen LogP contribution in [0.5, 0.6) is 0 Å². The van der Waals surface area contributed by atoms with E-state index in [0.717, 1.165) is 51.4 Å². The molecule has 188 valence electrons. The van der Waals surface area contributed by atoms with Gasteiger partial charge in [-0.25, -0.2) is 14.4 Å². The quantitative estimate of drug-likeness (QED) is 0.400. The average Bonchev–Trinajstić information content (AvgIpc) is 2.76. The molecule has 0 amide bonds. The predicted octanol–water partition coefficient (Wildman–Crippen LogP) is 2.84. The maximum absolute atomic E-state index is 12.2. The van der Waals surface area contributed by atoms with Crippen molar-refractivity contribution in [2.45, 2.75) is 116 Å². The van der Waals surface area contributed by atoms with Crippen molar-refractivity contribution in [3.05, 3.63) is 0 Å². The van der Waals surface area contributed by atoms with Crippen LogP contribution in [0.1, 0.15) is 85.5 Å². The van der Waals surface area contributed by atoms with Crippen LogP contribution in [0, 0.1) is 11.8 Å². The Hall–Kier alpha value is -2.16. The lowest BCUT2D eigenvalue weighted by Crippen LogP contribution is -2.36. The molecular weight excluding hydrogens is 432 g/mol. The SMILES string of the molecule is CC1CCC(OC(=O)C(C)OC(=O)CC(O)C(=O)OC(C)C(=O)OC2CCC(C)CC2)CC1. The molecule has 33 heavy (non-hydrogen) atoms. The van der Waals surface area contributed by atoms with Crippen molar-refractivity contribution >= 4 is 23.9 Å². The normalized spacial score (nSPS) is 28.0. The van der Waals surface area contributed by atoms with Crippen LogP contribution in [0.2, 0.25) is 0 Å². The standard InChI is InChI=1S/C24H38O9/c1-14-5-9-18(10-6-14)32-22(27)16(3)30-21(26)13-20(25)24(29)31-17(4)23(28)33-19-11-7-15(2)8-12-19/h14-20,25H,5-13H2,1-4H3. The van der Waals surface area contributed by atoms with E-state index in [2.05, 4.69) is 13.8 Å². The van der Waals surface area contributed by atoms with Crippen molar-refractivity contribution in [2.24, 2.45) is 11.8 Å².